The molecule has 1 fully saturated rings. The molecule has 2 N–H and O–H groups in total. The van der Waals surface area contributed by atoms with E-state index in [9.17, 15) is 4.79 Å². The second-order valence-corrected chi connectivity index (χ2v) is 6.79. The van der Waals surface area contributed by atoms with E-state index in [0.29, 0.717) is 21.8 Å². The monoisotopic (exact) mass is 336 g/mol. The SMILES string of the molecule is CC(NC(=O)CSc1n[nH]c(C2CC2)n1)c1cccc(Cl)c1. The molecule has 1 amide bonds. The highest BCUT2D eigenvalue weighted by Gasteiger charge is 2.27. The molecule has 1 aliphatic rings. The maximum Gasteiger partial charge on any atom is 0.230 e. The summed E-state index contributed by atoms with van der Waals surface area (Å²) >= 11 is 7.31. The number of carbonyl (C=O) groups excluding carboxylic acids is 1. The molecule has 0 bridgehead atoms. The zero-order valence-electron chi connectivity index (χ0n) is 12.2. The summed E-state index contributed by atoms with van der Waals surface area (Å²) in [7, 11) is 0. The molecule has 1 unspecified atom stereocenters. The lowest BCUT2D eigenvalue weighted by atomic mass is 10.1. The average molecular weight is 337 g/mol. The molecule has 22 heavy (non-hydrogen) atoms. The number of hydrogen-bond donors (Lipinski definition) is 2. The van der Waals surface area contributed by atoms with Crippen LogP contribution >= 0.6 is 23.4 Å². The van der Waals surface area contributed by atoms with Gasteiger partial charge < -0.3 is 5.32 Å². The summed E-state index contributed by atoms with van der Waals surface area (Å²) in [6.45, 7) is 1.94. The fourth-order valence-electron chi connectivity index (χ4n) is 2.13. The topological polar surface area (TPSA) is 70.7 Å². The second-order valence-electron chi connectivity index (χ2n) is 5.41. The Balaban J connectivity index is 1.49. The molecule has 116 valence electrons. The summed E-state index contributed by atoms with van der Waals surface area (Å²) < 4.78 is 0. The number of thioether (sulfide) groups is 1. The van der Waals surface area contributed by atoms with Crippen molar-refractivity contribution >= 4 is 29.3 Å². The number of carbonyl (C=O) groups is 1. The van der Waals surface area contributed by atoms with Crippen molar-refractivity contribution in [3.63, 3.8) is 0 Å². The summed E-state index contributed by atoms with van der Waals surface area (Å²) in [5, 5.41) is 11.3. The normalized spacial score (nSPS) is 15.5. The molecule has 3 rings (SSSR count). The van der Waals surface area contributed by atoms with Crippen molar-refractivity contribution in [1.29, 1.82) is 0 Å². The first-order chi connectivity index (χ1) is 10.6. The van der Waals surface area contributed by atoms with E-state index in [0.717, 1.165) is 11.4 Å². The van der Waals surface area contributed by atoms with Gasteiger partial charge in [0, 0.05) is 10.9 Å². The van der Waals surface area contributed by atoms with Crippen LogP contribution < -0.4 is 5.32 Å². The van der Waals surface area contributed by atoms with Crippen LogP contribution in [0.1, 0.15) is 43.1 Å². The zero-order valence-corrected chi connectivity index (χ0v) is 13.7. The van der Waals surface area contributed by atoms with Gasteiger partial charge in [-0.3, -0.25) is 9.89 Å². The van der Waals surface area contributed by atoms with Gasteiger partial charge in [0.1, 0.15) is 5.82 Å². The van der Waals surface area contributed by atoms with E-state index in [4.69, 9.17) is 11.6 Å². The average Bonchev–Trinajstić information content (AvgIpc) is 3.24. The van der Waals surface area contributed by atoms with Crippen molar-refractivity contribution in [1.82, 2.24) is 20.5 Å². The molecule has 7 heteroatoms. The molecule has 1 atom stereocenters. The lowest BCUT2D eigenvalue weighted by Gasteiger charge is -2.14. The van der Waals surface area contributed by atoms with Gasteiger partial charge in [-0.05, 0) is 37.5 Å². The van der Waals surface area contributed by atoms with Gasteiger partial charge in [-0.2, -0.15) is 0 Å². The van der Waals surface area contributed by atoms with Crippen LogP contribution in [0.4, 0.5) is 0 Å². The van der Waals surface area contributed by atoms with Gasteiger partial charge in [-0.1, -0.05) is 35.5 Å². The summed E-state index contributed by atoms with van der Waals surface area (Å²) in [6, 6.07) is 7.41. The number of aromatic amines is 1. The quantitative estimate of drug-likeness (QED) is 0.794. The van der Waals surface area contributed by atoms with E-state index < -0.39 is 0 Å². The van der Waals surface area contributed by atoms with Crippen molar-refractivity contribution in [2.24, 2.45) is 0 Å². The van der Waals surface area contributed by atoms with E-state index in [1.807, 2.05) is 31.2 Å². The van der Waals surface area contributed by atoms with Gasteiger partial charge in [0.05, 0.1) is 11.8 Å². The molecular weight excluding hydrogens is 320 g/mol. The molecule has 0 saturated heterocycles. The maximum atomic E-state index is 12.0. The Hall–Kier alpha value is -1.53. The minimum absolute atomic E-state index is 0.0461. The Labute approximate surface area is 138 Å². The van der Waals surface area contributed by atoms with Gasteiger partial charge in [0.25, 0.3) is 0 Å². The van der Waals surface area contributed by atoms with Crippen LogP contribution in [0.3, 0.4) is 0 Å². The predicted octanol–water partition coefficient (Wildman–Crippen LogP) is 3.31. The van der Waals surface area contributed by atoms with Crippen LogP contribution in [0, 0.1) is 0 Å². The van der Waals surface area contributed by atoms with E-state index >= 15 is 0 Å². The number of halogens is 1. The molecule has 1 aliphatic carbocycles. The van der Waals surface area contributed by atoms with Gasteiger partial charge >= 0.3 is 0 Å². The third kappa shape index (κ3) is 4.01. The second kappa shape index (κ2) is 6.71. The predicted molar refractivity (Wildman–Crippen MR) is 87.1 cm³/mol. The number of nitrogens with one attached hydrogen (secondary N) is 2. The van der Waals surface area contributed by atoms with Crippen molar-refractivity contribution < 1.29 is 4.79 Å². The number of amides is 1. The number of aromatic nitrogens is 3. The summed E-state index contributed by atoms with van der Waals surface area (Å²) in [6.07, 6.45) is 2.36. The molecule has 1 aromatic carbocycles. The van der Waals surface area contributed by atoms with Crippen molar-refractivity contribution in [2.45, 2.75) is 36.9 Å². The molecule has 1 saturated carbocycles. The Bertz CT molecular complexity index is 671. The lowest BCUT2D eigenvalue weighted by Crippen LogP contribution is -2.28. The summed E-state index contributed by atoms with van der Waals surface area (Å²) in [4.78, 5) is 16.4. The fraction of sp³-hybridized carbons (Fsp3) is 0.400. The highest BCUT2D eigenvalue weighted by molar-refractivity contribution is 7.99. The van der Waals surface area contributed by atoms with Gasteiger partial charge in [0.2, 0.25) is 11.1 Å². The number of rotatable bonds is 6. The number of hydrogen-bond acceptors (Lipinski definition) is 4. The van der Waals surface area contributed by atoms with Crippen LogP contribution in [0.15, 0.2) is 29.4 Å². The first-order valence-corrected chi connectivity index (χ1v) is 8.58. The van der Waals surface area contributed by atoms with Gasteiger partial charge in [-0.15, -0.1) is 5.10 Å². The Morgan fingerprint density at radius 3 is 3.09 bits per heavy atom. The molecule has 1 aromatic heterocycles. The summed E-state index contributed by atoms with van der Waals surface area (Å²) in [5.74, 6) is 1.73. The van der Waals surface area contributed by atoms with Crippen LogP contribution in [0.25, 0.3) is 0 Å². The Morgan fingerprint density at radius 2 is 2.36 bits per heavy atom. The van der Waals surface area contributed by atoms with Gasteiger partial charge in [0.15, 0.2) is 0 Å². The Kier molecular flexibility index (Phi) is 4.69. The standard InChI is InChI=1S/C15H17ClN4OS/c1-9(11-3-2-4-12(16)7-11)17-13(21)8-22-15-18-14(19-20-15)10-5-6-10/h2-4,7,9-10H,5-6,8H2,1H3,(H,17,21)(H,18,19,20). The first kappa shape index (κ1) is 15.4. The Morgan fingerprint density at radius 1 is 1.55 bits per heavy atom. The largest absolute Gasteiger partial charge is 0.349 e. The van der Waals surface area contributed by atoms with Crippen LogP contribution in [0.5, 0.6) is 0 Å². The van der Waals surface area contributed by atoms with Crippen LogP contribution in [-0.2, 0) is 4.79 Å². The van der Waals surface area contributed by atoms with Crippen molar-refractivity contribution in [3.05, 3.63) is 40.7 Å². The fourth-order valence-corrected chi connectivity index (χ4v) is 2.95. The lowest BCUT2D eigenvalue weighted by molar-refractivity contribution is -0.119. The van der Waals surface area contributed by atoms with Crippen LogP contribution in [0.2, 0.25) is 5.02 Å². The number of H-pyrrole nitrogens is 1. The van der Waals surface area contributed by atoms with E-state index in [2.05, 4.69) is 20.5 Å². The number of benzene rings is 1. The molecule has 2 aromatic rings. The minimum atomic E-state index is -0.0824. The molecule has 0 spiro atoms. The van der Waals surface area contributed by atoms with Crippen molar-refractivity contribution in [3.8, 4) is 0 Å². The molecule has 0 aliphatic heterocycles. The molecule has 1 heterocycles. The van der Waals surface area contributed by atoms with Crippen LogP contribution in [-0.4, -0.2) is 26.8 Å². The minimum Gasteiger partial charge on any atom is -0.349 e. The highest BCUT2D eigenvalue weighted by Crippen LogP contribution is 2.38. The van der Waals surface area contributed by atoms with E-state index in [-0.39, 0.29) is 11.9 Å². The van der Waals surface area contributed by atoms with E-state index in [1.165, 1.54) is 24.6 Å². The molecule has 5 nitrogen and oxygen atoms in total. The zero-order chi connectivity index (χ0) is 15.5. The van der Waals surface area contributed by atoms with Gasteiger partial charge in [-0.25, -0.2) is 4.98 Å². The summed E-state index contributed by atoms with van der Waals surface area (Å²) in [5.41, 5.74) is 0.986. The van der Waals surface area contributed by atoms with Crippen molar-refractivity contribution in [2.75, 3.05) is 5.75 Å². The van der Waals surface area contributed by atoms with E-state index in [1.54, 1.807) is 0 Å². The molecule has 0 radical (unpaired) electrons. The smallest absolute Gasteiger partial charge is 0.230 e. The third-order valence-corrected chi connectivity index (χ3v) is 4.59. The first-order valence-electron chi connectivity index (χ1n) is 7.22. The third-order valence-electron chi connectivity index (χ3n) is 3.50. The molecular formula is C15H17ClN4OS. The highest BCUT2D eigenvalue weighted by atomic mass is 35.5. The maximum absolute atomic E-state index is 12.0. The number of nitrogens with zero attached hydrogens (tertiary/aromatic N) is 2.